The van der Waals surface area contributed by atoms with Crippen LogP contribution in [0.25, 0.3) is 0 Å². The van der Waals surface area contributed by atoms with Crippen LogP contribution in [0.1, 0.15) is 0 Å². The Labute approximate surface area is 151 Å². The molecule has 0 fully saturated rings. The molecule has 2 aromatic rings. The number of hydrogen-bond acceptors (Lipinski definition) is 4. The predicted molar refractivity (Wildman–Crippen MR) is 90.7 cm³/mol. The van der Waals surface area contributed by atoms with Crippen molar-refractivity contribution < 1.29 is 25.9 Å². The van der Waals surface area contributed by atoms with E-state index >= 15 is 0 Å². The van der Waals surface area contributed by atoms with Gasteiger partial charge in [-0.25, -0.2) is 0 Å². The SMILES string of the molecule is O=S(=O)(O)[PH](c1ccccc1)(c1ccccc1)S(=O)(=O)O.[NaH]. The van der Waals surface area contributed by atoms with Crippen LogP contribution in [-0.4, -0.2) is 55.5 Å². The molecule has 6 nitrogen and oxygen atoms in total. The molecular formula is C12H14NaO6PS2. The van der Waals surface area contributed by atoms with Crippen molar-refractivity contribution in [2.75, 3.05) is 0 Å². The Morgan fingerprint density at radius 3 is 1.14 bits per heavy atom. The molecule has 0 spiro atoms. The molecule has 0 unspecified atom stereocenters. The van der Waals surface area contributed by atoms with Crippen molar-refractivity contribution >= 4 is 65.3 Å². The van der Waals surface area contributed by atoms with Crippen molar-refractivity contribution in [2.24, 2.45) is 0 Å². The second-order valence-electron chi connectivity index (χ2n) is 4.30. The van der Waals surface area contributed by atoms with E-state index in [-0.39, 0.29) is 40.2 Å². The summed E-state index contributed by atoms with van der Waals surface area (Å²) in [5.74, 6) is 0. The van der Waals surface area contributed by atoms with Crippen LogP contribution in [0.3, 0.4) is 0 Å². The molecule has 0 aliphatic rings. The molecule has 0 saturated heterocycles. The number of benzene rings is 2. The summed E-state index contributed by atoms with van der Waals surface area (Å²) in [6, 6.07) is 14.0. The van der Waals surface area contributed by atoms with Crippen molar-refractivity contribution in [1.82, 2.24) is 0 Å². The van der Waals surface area contributed by atoms with Crippen molar-refractivity contribution in [3.05, 3.63) is 60.7 Å². The first-order valence-electron chi connectivity index (χ1n) is 5.76. The van der Waals surface area contributed by atoms with Gasteiger partial charge in [0.2, 0.25) is 0 Å². The van der Waals surface area contributed by atoms with Crippen LogP contribution in [-0.2, 0) is 19.5 Å². The fourth-order valence-electron chi connectivity index (χ4n) is 2.21. The first-order valence-corrected chi connectivity index (χ1v) is 12.1. The molecule has 0 bridgehead atoms. The maximum absolute atomic E-state index is 12.0. The van der Waals surface area contributed by atoms with Gasteiger partial charge in [0.1, 0.15) is 0 Å². The van der Waals surface area contributed by atoms with Gasteiger partial charge in [0.25, 0.3) is 0 Å². The summed E-state index contributed by atoms with van der Waals surface area (Å²) in [5, 5.41) is -0.276. The number of hydrogen-bond donors (Lipinski definition) is 2. The van der Waals surface area contributed by atoms with E-state index in [0.717, 1.165) is 0 Å². The van der Waals surface area contributed by atoms with Gasteiger partial charge < -0.3 is 0 Å². The monoisotopic (exact) mass is 372 g/mol. The van der Waals surface area contributed by atoms with E-state index in [2.05, 4.69) is 0 Å². The van der Waals surface area contributed by atoms with E-state index in [1.54, 1.807) is 12.1 Å². The average molecular weight is 372 g/mol. The Bertz CT molecular complexity index is 764. The summed E-state index contributed by atoms with van der Waals surface area (Å²) in [6.45, 7) is 0. The van der Waals surface area contributed by atoms with Gasteiger partial charge in [-0.15, -0.1) is 0 Å². The molecule has 0 saturated carbocycles. The fourth-order valence-corrected chi connectivity index (χ4v) is 13.7. The van der Waals surface area contributed by atoms with Gasteiger partial charge >= 0.3 is 152 Å². The van der Waals surface area contributed by atoms with Crippen LogP contribution in [0.5, 0.6) is 0 Å². The molecule has 0 radical (unpaired) electrons. The van der Waals surface area contributed by atoms with E-state index in [9.17, 15) is 25.9 Å². The fraction of sp³-hybridized carbons (Fsp3) is 0. The van der Waals surface area contributed by atoms with Crippen LogP contribution < -0.4 is 10.6 Å². The third kappa shape index (κ3) is 3.29. The Kier molecular flexibility index (Phi) is 6.34. The summed E-state index contributed by atoms with van der Waals surface area (Å²) < 4.78 is 67.2. The summed E-state index contributed by atoms with van der Waals surface area (Å²) in [5.41, 5.74) is -4.90. The first-order chi connectivity index (χ1) is 9.71. The Morgan fingerprint density at radius 2 is 0.909 bits per heavy atom. The minimum absolute atomic E-state index is 0. The zero-order valence-electron chi connectivity index (χ0n) is 10.6. The second kappa shape index (κ2) is 7.07. The third-order valence-electron chi connectivity index (χ3n) is 3.03. The predicted octanol–water partition coefficient (Wildman–Crippen LogP) is 0.344. The van der Waals surface area contributed by atoms with Crippen LogP contribution in [0.15, 0.2) is 60.7 Å². The van der Waals surface area contributed by atoms with Gasteiger partial charge in [-0.3, -0.25) is 0 Å². The quantitative estimate of drug-likeness (QED) is 0.455. The van der Waals surface area contributed by atoms with E-state index in [1.807, 2.05) is 0 Å². The zero-order chi connectivity index (χ0) is 15.7. The van der Waals surface area contributed by atoms with Crippen LogP contribution >= 0.6 is 5.67 Å². The van der Waals surface area contributed by atoms with Crippen molar-refractivity contribution in [3.8, 4) is 0 Å². The zero-order valence-corrected chi connectivity index (χ0v) is 13.3. The molecule has 2 N–H and O–H groups in total. The molecule has 116 valence electrons. The molecule has 0 amide bonds. The molecule has 10 heteroatoms. The summed E-state index contributed by atoms with van der Waals surface area (Å²) in [4.78, 5) is 0. The molecule has 0 aliphatic carbocycles. The normalized spacial score (nSPS) is 13.2. The molecule has 0 atom stereocenters. The second-order valence-corrected chi connectivity index (χ2v) is 16.1. The molecule has 0 aliphatic heterocycles. The van der Waals surface area contributed by atoms with E-state index in [4.69, 9.17) is 0 Å². The van der Waals surface area contributed by atoms with Gasteiger partial charge in [-0.05, 0) is 0 Å². The third-order valence-corrected chi connectivity index (χ3v) is 17.7. The van der Waals surface area contributed by atoms with Crippen LogP contribution in [0.2, 0.25) is 0 Å². The minimum atomic E-state index is -5.09. The molecule has 2 rings (SSSR count). The molecule has 0 aromatic heterocycles. The Hall–Kier alpha value is -0.310. The van der Waals surface area contributed by atoms with E-state index in [1.165, 1.54) is 48.5 Å². The molecule has 0 heterocycles. The topological polar surface area (TPSA) is 109 Å². The first kappa shape index (κ1) is 19.7. The number of rotatable bonds is 4. The van der Waals surface area contributed by atoms with Gasteiger partial charge in [0, 0.05) is 0 Å². The van der Waals surface area contributed by atoms with Crippen LogP contribution in [0, 0.1) is 0 Å². The van der Waals surface area contributed by atoms with Crippen molar-refractivity contribution in [1.29, 1.82) is 0 Å². The maximum atomic E-state index is 12.0. The molecular weight excluding hydrogens is 358 g/mol. The van der Waals surface area contributed by atoms with Gasteiger partial charge in [0.15, 0.2) is 0 Å². The van der Waals surface area contributed by atoms with Crippen molar-refractivity contribution in [3.63, 3.8) is 0 Å². The molecule has 22 heavy (non-hydrogen) atoms. The van der Waals surface area contributed by atoms with Gasteiger partial charge in [-0.2, -0.15) is 0 Å². The summed E-state index contributed by atoms with van der Waals surface area (Å²) in [6.07, 6.45) is 0. The summed E-state index contributed by atoms with van der Waals surface area (Å²) in [7, 11) is -10.2. The van der Waals surface area contributed by atoms with E-state index < -0.39 is 25.1 Å². The van der Waals surface area contributed by atoms with Gasteiger partial charge in [-0.1, -0.05) is 0 Å². The van der Waals surface area contributed by atoms with Gasteiger partial charge in [0.05, 0.1) is 0 Å². The summed E-state index contributed by atoms with van der Waals surface area (Å²) >= 11 is 0. The van der Waals surface area contributed by atoms with Crippen LogP contribution in [0.4, 0.5) is 0 Å². The van der Waals surface area contributed by atoms with Crippen molar-refractivity contribution in [2.45, 2.75) is 0 Å². The molecule has 2 aromatic carbocycles. The Balaban J connectivity index is 0.00000242. The Morgan fingerprint density at radius 1 is 0.636 bits per heavy atom. The standard InChI is InChI=1S/C12H13O6PS2.Na.H/c13-20(14,15)19(21(16,17)18,11-7-3-1-4-8-11)12-9-5-2-6-10-12;;/h1-10,19H,(H,13,14,15)(H,16,17,18);;. The average Bonchev–Trinajstić information content (AvgIpc) is 2.38. The van der Waals surface area contributed by atoms with E-state index in [0.29, 0.717) is 0 Å².